The van der Waals surface area contributed by atoms with Crippen LogP contribution >= 0.6 is 0 Å². The Kier molecular flexibility index (Phi) is 42.0. The Morgan fingerprint density at radius 3 is 0.750 bits per heavy atom. The molecule has 0 radical (unpaired) electrons. The van der Waals surface area contributed by atoms with Gasteiger partial charge in [0.2, 0.25) is 0 Å². The van der Waals surface area contributed by atoms with Gasteiger partial charge in [-0.2, -0.15) is 0 Å². The molecule has 6 nitrogen and oxygen atoms in total. The van der Waals surface area contributed by atoms with E-state index in [9.17, 15) is 9.90 Å². The first kappa shape index (κ1) is 62.6. The molecule has 1 N–H and O–H groups in total. The molecule has 4 aromatic carbocycles. The van der Waals surface area contributed by atoms with E-state index in [2.05, 4.69) is 97.1 Å². The van der Waals surface area contributed by atoms with Crippen molar-refractivity contribution in [3.05, 3.63) is 144 Å². The molecule has 4 rings (SSSR count). The van der Waals surface area contributed by atoms with Gasteiger partial charge >= 0.3 is 0 Å². The molecule has 0 aliphatic rings. The molecule has 4 aromatic rings. The molecule has 0 bridgehead atoms. The Labute approximate surface area is 440 Å². The highest BCUT2D eigenvalue weighted by molar-refractivity contribution is 5.78. The molecule has 72 heavy (non-hydrogen) atoms. The Morgan fingerprint density at radius 2 is 0.500 bits per heavy atom. The summed E-state index contributed by atoms with van der Waals surface area (Å²) in [5, 5.41) is 10.2. The van der Waals surface area contributed by atoms with Crippen molar-refractivity contribution < 1.29 is 28.8 Å². The van der Waals surface area contributed by atoms with E-state index in [0.29, 0.717) is 5.78 Å². The summed E-state index contributed by atoms with van der Waals surface area (Å²) in [6.45, 7) is 6.35. The van der Waals surface area contributed by atoms with Crippen LogP contribution in [0.2, 0.25) is 0 Å². The zero-order chi connectivity index (χ0) is 50.7. The number of aliphatic hydroxyl groups is 1. The summed E-state index contributed by atoms with van der Waals surface area (Å²) >= 11 is 0. The number of carbonyl (C=O) groups is 1. The van der Waals surface area contributed by atoms with Crippen LogP contribution in [0.25, 0.3) is 0 Å². The summed E-state index contributed by atoms with van der Waals surface area (Å²) in [5.74, 6) is 0.473. The van der Waals surface area contributed by atoms with Gasteiger partial charge in [-0.25, -0.2) is 0 Å². The van der Waals surface area contributed by atoms with Gasteiger partial charge in [0.05, 0.1) is 32.5 Å². The highest BCUT2D eigenvalue weighted by atomic mass is 16.5. The average Bonchev–Trinajstić information content (AvgIpc) is 3.41. The summed E-state index contributed by atoms with van der Waals surface area (Å²) < 4.78 is 23.0. The van der Waals surface area contributed by atoms with Crippen LogP contribution in [0.15, 0.2) is 121 Å². The lowest BCUT2D eigenvalue weighted by Gasteiger charge is -2.10. The number of carbonyl (C=O) groups excluding carboxylic acids is 1. The predicted molar refractivity (Wildman–Crippen MR) is 303 cm³/mol. The molecule has 0 unspecified atom stereocenters. The fraction of sp³-hybridized carbons (Fsp3) is 0.621. The van der Waals surface area contributed by atoms with Crippen LogP contribution in [0.1, 0.15) is 228 Å². The molecule has 0 aliphatic carbocycles. The van der Waals surface area contributed by atoms with E-state index < -0.39 is 0 Å². The van der Waals surface area contributed by atoms with E-state index in [0.717, 1.165) is 117 Å². The molecule has 0 spiro atoms. The van der Waals surface area contributed by atoms with Gasteiger partial charge in [0.15, 0.2) is 0 Å². The largest absolute Gasteiger partial charge is 0.393 e. The Bertz CT molecular complexity index is 1580. The number of ether oxygens (including phenoxy) is 4. The normalized spacial score (nSPS) is 11.2. The number of ketones is 1. The Morgan fingerprint density at radius 1 is 0.292 bits per heavy atom. The molecule has 6 heteroatoms. The predicted octanol–water partition coefficient (Wildman–Crippen LogP) is 18.3. The molecule has 0 aliphatic heterocycles. The summed E-state index contributed by atoms with van der Waals surface area (Å²) in [5.41, 5.74) is 5.01. The first-order valence-corrected chi connectivity index (χ1v) is 29.4. The second kappa shape index (κ2) is 48.3. The van der Waals surface area contributed by atoms with Gasteiger partial charge in [0.1, 0.15) is 5.78 Å². The number of hydrogen-bond acceptors (Lipinski definition) is 6. The maximum absolute atomic E-state index is 12.1. The highest BCUT2D eigenvalue weighted by Crippen LogP contribution is 2.17. The van der Waals surface area contributed by atoms with E-state index in [1.165, 1.54) is 164 Å². The monoisotopic (exact) mass is 991 g/mol. The smallest absolute Gasteiger partial charge is 0.132 e. The fourth-order valence-electron chi connectivity index (χ4n) is 9.08. The molecule has 0 heterocycles. The van der Waals surface area contributed by atoms with Gasteiger partial charge < -0.3 is 24.1 Å². The average molecular weight is 992 g/mol. The maximum Gasteiger partial charge on any atom is 0.132 e. The van der Waals surface area contributed by atoms with Crippen LogP contribution in [0, 0.1) is 0 Å². The van der Waals surface area contributed by atoms with Gasteiger partial charge in [0, 0.05) is 39.3 Å². The molecule has 0 saturated carbocycles. The van der Waals surface area contributed by atoms with Gasteiger partial charge in [-0.3, -0.25) is 4.79 Å². The topological polar surface area (TPSA) is 74.2 Å². The Hall–Kier alpha value is -3.65. The standard InChI is InChI=1S/C33H52O3.C33H50O3/c2*34-33(25-17-7-3-1-5-9-19-27-35-29-31-21-13-11-14-22-31)26-18-8-4-2-6-10-20-28-36-30-32-23-15-12-16-24-32/h11-16,21-24,33-34H,1-10,17-20,25-30H2;11-16,21-24H,1-10,17-20,25-30H2. The summed E-state index contributed by atoms with van der Waals surface area (Å²) in [6, 6.07) is 41.5. The lowest BCUT2D eigenvalue weighted by Crippen LogP contribution is -2.05. The van der Waals surface area contributed by atoms with Crippen LogP contribution < -0.4 is 0 Å². The minimum atomic E-state index is -0.0893. The van der Waals surface area contributed by atoms with Gasteiger partial charge in [-0.05, 0) is 73.6 Å². The van der Waals surface area contributed by atoms with Crippen LogP contribution in [-0.2, 0) is 50.2 Å². The van der Waals surface area contributed by atoms with E-state index in [4.69, 9.17) is 18.9 Å². The highest BCUT2D eigenvalue weighted by Gasteiger charge is 2.05. The van der Waals surface area contributed by atoms with Crippen molar-refractivity contribution in [2.45, 2.75) is 238 Å². The third-order valence-electron chi connectivity index (χ3n) is 13.6. The van der Waals surface area contributed by atoms with Crippen LogP contribution in [0.4, 0.5) is 0 Å². The van der Waals surface area contributed by atoms with E-state index in [-0.39, 0.29) is 6.10 Å². The quantitative estimate of drug-likeness (QED) is 0.0445. The first-order chi connectivity index (χ1) is 35.7. The SMILES string of the molecule is O=C(CCCCCCCCCOCc1ccccc1)CCCCCCCCCOCc1ccccc1.OC(CCCCCCCCCOCc1ccccc1)CCCCCCCCCOCc1ccccc1. The zero-order valence-electron chi connectivity index (χ0n) is 45.4. The summed E-state index contributed by atoms with van der Waals surface area (Å²) in [6.07, 6.45) is 38.0. The first-order valence-electron chi connectivity index (χ1n) is 29.4. The Balaban J connectivity index is 0.000000380. The maximum atomic E-state index is 12.1. The zero-order valence-corrected chi connectivity index (χ0v) is 45.4. The van der Waals surface area contributed by atoms with E-state index in [1.54, 1.807) is 0 Å². The summed E-state index contributed by atoms with van der Waals surface area (Å²) in [4.78, 5) is 12.1. The lowest BCUT2D eigenvalue weighted by atomic mass is 10.0. The number of Topliss-reactive ketones (excluding diaryl/α,β-unsaturated/α-hetero) is 1. The number of benzene rings is 4. The van der Waals surface area contributed by atoms with E-state index in [1.807, 2.05) is 24.3 Å². The van der Waals surface area contributed by atoms with Crippen molar-refractivity contribution in [3.63, 3.8) is 0 Å². The number of unbranched alkanes of at least 4 members (excludes halogenated alkanes) is 24. The number of rotatable bonds is 48. The van der Waals surface area contributed by atoms with Gasteiger partial charge in [0.25, 0.3) is 0 Å². The molecule has 0 saturated heterocycles. The van der Waals surface area contributed by atoms with Crippen molar-refractivity contribution in [3.8, 4) is 0 Å². The molecule has 0 aromatic heterocycles. The molecular weight excluding hydrogens is 889 g/mol. The van der Waals surface area contributed by atoms with Gasteiger partial charge in [-0.1, -0.05) is 263 Å². The van der Waals surface area contributed by atoms with E-state index >= 15 is 0 Å². The molecular formula is C66H102O6. The van der Waals surface area contributed by atoms with Crippen molar-refractivity contribution in [2.75, 3.05) is 26.4 Å². The van der Waals surface area contributed by atoms with Crippen LogP contribution in [0.3, 0.4) is 0 Å². The number of aliphatic hydroxyl groups excluding tert-OH is 1. The van der Waals surface area contributed by atoms with Crippen molar-refractivity contribution >= 4 is 5.78 Å². The minimum absolute atomic E-state index is 0.0893. The molecule has 402 valence electrons. The van der Waals surface area contributed by atoms with Crippen molar-refractivity contribution in [1.82, 2.24) is 0 Å². The number of hydrogen-bond donors (Lipinski definition) is 1. The third-order valence-corrected chi connectivity index (χ3v) is 13.6. The molecule has 0 atom stereocenters. The van der Waals surface area contributed by atoms with Crippen LogP contribution in [0.5, 0.6) is 0 Å². The summed E-state index contributed by atoms with van der Waals surface area (Å²) in [7, 11) is 0. The molecule has 0 amide bonds. The van der Waals surface area contributed by atoms with Crippen molar-refractivity contribution in [1.29, 1.82) is 0 Å². The second-order valence-corrected chi connectivity index (χ2v) is 20.3. The second-order valence-electron chi connectivity index (χ2n) is 20.3. The third kappa shape index (κ3) is 39.8. The van der Waals surface area contributed by atoms with Crippen molar-refractivity contribution in [2.24, 2.45) is 0 Å². The molecule has 0 fully saturated rings. The lowest BCUT2D eigenvalue weighted by molar-refractivity contribution is -0.119. The minimum Gasteiger partial charge on any atom is -0.393 e. The fourth-order valence-corrected chi connectivity index (χ4v) is 9.08. The van der Waals surface area contributed by atoms with Gasteiger partial charge in [-0.15, -0.1) is 0 Å². The van der Waals surface area contributed by atoms with Crippen LogP contribution in [-0.4, -0.2) is 43.4 Å².